The van der Waals surface area contributed by atoms with Crippen molar-refractivity contribution in [3.63, 3.8) is 0 Å². The first-order valence-electron chi connectivity index (χ1n) is 13.6. The monoisotopic (exact) mass is 527 g/mol. The van der Waals surface area contributed by atoms with Crippen molar-refractivity contribution in [2.45, 2.75) is 149 Å². The van der Waals surface area contributed by atoms with E-state index in [1.54, 1.807) is 14.0 Å². The maximum atomic E-state index is 8.59. The van der Waals surface area contributed by atoms with Gasteiger partial charge >= 0.3 is 8.00 Å². The lowest BCUT2D eigenvalue weighted by Crippen LogP contribution is -2.16. The average Bonchev–Trinajstić information content (AvgIpc) is 2.79. The average molecular weight is 528 g/mol. The minimum Gasteiger partial charge on any atom is -0.394 e. The van der Waals surface area contributed by atoms with Crippen molar-refractivity contribution in [2.24, 2.45) is 0 Å². The Morgan fingerprint density at radius 2 is 1.18 bits per heavy atom. The summed E-state index contributed by atoms with van der Waals surface area (Å²) in [5, 5.41) is 8.42. The van der Waals surface area contributed by atoms with Crippen molar-refractivity contribution in [2.75, 3.05) is 20.3 Å². The van der Waals surface area contributed by atoms with Crippen LogP contribution in [0, 0.1) is 0 Å². The van der Waals surface area contributed by atoms with Gasteiger partial charge in [-0.1, -0.05) is 97.3 Å². The van der Waals surface area contributed by atoms with Crippen molar-refractivity contribution in [1.29, 1.82) is 0 Å². The molecule has 0 spiro atoms. The van der Waals surface area contributed by atoms with Crippen molar-refractivity contribution in [1.82, 2.24) is 0 Å². The Morgan fingerprint density at radius 1 is 0.765 bits per heavy atom. The number of aliphatic hydroxyl groups is 1. The Labute approximate surface area is 219 Å². The number of aliphatic hydroxyl groups excluding tert-OH is 1. The number of hydrogen-bond donors (Lipinski definition) is 3. The van der Waals surface area contributed by atoms with Gasteiger partial charge in [0.25, 0.3) is 0 Å². The zero-order chi connectivity index (χ0) is 26.5. The van der Waals surface area contributed by atoms with Crippen LogP contribution in [0.25, 0.3) is 0 Å². The molecule has 0 aliphatic rings. The highest BCUT2D eigenvalue weighted by molar-refractivity contribution is 7.80. The van der Waals surface area contributed by atoms with Crippen molar-refractivity contribution >= 4 is 26.9 Å². The fourth-order valence-electron chi connectivity index (χ4n) is 3.10. The number of methoxy groups -OCH3 is 1. The number of ether oxygens (including phenoxy) is 2. The summed E-state index contributed by atoms with van der Waals surface area (Å²) in [4.78, 5) is 8.59. The van der Waals surface area contributed by atoms with E-state index in [0.717, 1.165) is 13.0 Å². The van der Waals surface area contributed by atoms with Gasteiger partial charge < -0.3 is 14.6 Å². The molecule has 0 saturated heterocycles. The number of unbranched alkanes of at least 4 members (excludes halogenated alkanes) is 13. The molecule has 0 aliphatic heterocycles. The fourth-order valence-corrected chi connectivity index (χ4v) is 3.87. The predicted octanol–water partition coefficient (Wildman–Crippen LogP) is 8.31. The standard InChI is InChI=1S/C17H36O.C5H12O2P.C5H12O2S/c1-3-4-5-6-7-8-9-10-11-12-13-14-15-16-17-18-2;1-4-5(2)7-8(3)6;1-4(3-6)7-5(2)8/h3-17H2,1-2H3;5-6H,3-4H2,1-2H3;4-6,8H,3H2,1-2H3/q;+1;/t;5-;/m.1./s1. The highest BCUT2D eigenvalue weighted by Gasteiger charge is 2.07. The van der Waals surface area contributed by atoms with E-state index < -0.39 is 8.00 Å². The van der Waals surface area contributed by atoms with E-state index in [2.05, 4.69) is 25.9 Å². The summed E-state index contributed by atoms with van der Waals surface area (Å²) in [5.74, 6) is 0. The van der Waals surface area contributed by atoms with E-state index in [1.807, 2.05) is 20.8 Å². The molecule has 0 aromatic heterocycles. The zero-order valence-electron chi connectivity index (χ0n) is 23.5. The van der Waals surface area contributed by atoms with Crippen LogP contribution in [0.5, 0.6) is 0 Å². The molecule has 0 bridgehead atoms. The normalized spacial score (nSPS) is 13.7. The van der Waals surface area contributed by atoms with Gasteiger partial charge in [0, 0.05) is 13.7 Å². The van der Waals surface area contributed by atoms with E-state index in [9.17, 15) is 0 Å². The molecule has 5 nitrogen and oxygen atoms in total. The van der Waals surface area contributed by atoms with E-state index in [-0.39, 0.29) is 24.3 Å². The van der Waals surface area contributed by atoms with Gasteiger partial charge in [-0.3, -0.25) is 0 Å². The van der Waals surface area contributed by atoms with Crippen molar-refractivity contribution < 1.29 is 24.0 Å². The lowest BCUT2D eigenvalue weighted by Gasteiger charge is -2.11. The Morgan fingerprint density at radius 3 is 1.41 bits per heavy atom. The third-order valence-electron chi connectivity index (χ3n) is 5.26. The summed E-state index contributed by atoms with van der Waals surface area (Å²) >= 11 is 3.96. The maximum Gasteiger partial charge on any atom is 0.420 e. The van der Waals surface area contributed by atoms with E-state index >= 15 is 0 Å². The quantitative estimate of drug-likeness (QED) is 0.0606. The van der Waals surface area contributed by atoms with Gasteiger partial charge in [0.15, 0.2) is 0 Å². The van der Waals surface area contributed by atoms with Crippen LogP contribution in [0.1, 0.15) is 131 Å². The van der Waals surface area contributed by atoms with Crippen LogP contribution in [0.15, 0.2) is 0 Å². The Hall–Kier alpha value is 0.320. The molecule has 0 amide bonds. The van der Waals surface area contributed by atoms with Gasteiger partial charge in [-0.2, -0.15) is 9.42 Å². The molecule has 3 unspecified atom stereocenters. The predicted molar refractivity (Wildman–Crippen MR) is 155 cm³/mol. The summed E-state index contributed by atoms with van der Waals surface area (Å²) in [7, 11) is 0.398. The molecular formula is C27H60O5PS+. The van der Waals surface area contributed by atoms with Gasteiger partial charge in [0.1, 0.15) is 12.4 Å². The van der Waals surface area contributed by atoms with Crippen LogP contribution >= 0.6 is 20.6 Å². The number of hydrogen-bond acceptors (Lipinski definition) is 6. The minimum absolute atomic E-state index is 0.0604. The molecule has 208 valence electrons. The minimum atomic E-state index is -1.40. The molecule has 0 rings (SSSR count). The number of thiol groups is 1. The Bertz CT molecular complexity index is 370. The summed E-state index contributed by atoms with van der Waals surface area (Å²) in [6.07, 6.45) is 24.2. The van der Waals surface area contributed by atoms with Crippen LogP contribution in [0.2, 0.25) is 0 Å². The van der Waals surface area contributed by atoms with E-state index in [4.69, 9.17) is 24.0 Å². The van der Waals surface area contributed by atoms with Crippen LogP contribution in [-0.2, 0) is 14.0 Å². The molecular weight excluding hydrogens is 467 g/mol. The van der Waals surface area contributed by atoms with Crippen LogP contribution < -0.4 is 0 Å². The summed E-state index contributed by atoms with van der Waals surface area (Å²) in [5.41, 5.74) is -0.0860. The third-order valence-corrected chi connectivity index (χ3v) is 5.99. The molecule has 0 aromatic carbocycles. The number of rotatable bonds is 21. The first-order chi connectivity index (χ1) is 16.2. The summed E-state index contributed by atoms with van der Waals surface area (Å²) < 4.78 is 15.0. The largest absolute Gasteiger partial charge is 0.420 e. The smallest absolute Gasteiger partial charge is 0.394 e. The van der Waals surface area contributed by atoms with Gasteiger partial charge in [0.2, 0.25) is 0 Å². The molecule has 0 aliphatic carbocycles. The molecule has 0 heterocycles. The second-order valence-corrected chi connectivity index (χ2v) is 10.6. The van der Waals surface area contributed by atoms with Gasteiger partial charge in [-0.05, 0) is 33.6 Å². The molecule has 4 atom stereocenters. The molecule has 0 fully saturated rings. The first kappa shape index (κ1) is 38.8. The molecule has 0 saturated carbocycles. The van der Waals surface area contributed by atoms with E-state index in [0.29, 0.717) is 0 Å². The second kappa shape index (κ2) is 33.3. The van der Waals surface area contributed by atoms with Crippen molar-refractivity contribution in [3.05, 3.63) is 0 Å². The van der Waals surface area contributed by atoms with E-state index in [1.165, 1.54) is 89.9 Å². The lowest BCUT2D eigenvalue weighted by atomic mass is 10.0. The molecule has 34 heavy (non-hydrogen) atoms. The maximum absolute atomic E-state index is 8.59. The molecule has 0 aromatic rings. The highest BCUT2D eigenvalue weighted by Crippen LogP contribution is 2.18. The molecule has 2 N–H and O–H groups in total. The Balaban J connectivity index is -0.000000496. The summed E-state index contributed by atoms with van der Waals surface area (Å²) in [6, 6.07) is 0. The SMILES string of the molecule is C=[P+](O)O[C@H](C)CC.CC(S)OC(C)CO.CCCCCCCCCCCCCCCCOC. The van der Waals surface area contributed by atoms with Crippen molar-refractivity contribution in [3.8, 4) is 0 Å². The zero-order valence-corrected chi connectivity index (χ0v) is 25.3. The van der Waals surface area contributed by atoms with Gasteiger partial charge in [0.05, 0.1) is 18.1 Å². The molecule has 7 heteroatoms. The Kier molecular flexibility index (Phi) is 38.1. The first-order valence-corrected chi connectivity index (χ1v) is 15.6. The second-order valence-electron chi connectivity index (χ2n) is 8.99. The molecule has 0 radical (unpaired) electrons. The van der Waals surface area contributed by atoms with Gasteiger partial charge in [-0.25, -0.2) is 0 Å². The topological polar surface area (TPSA) is 68.2 Å². The lowest BCUT2D eigenvalue weighted by molar-refractivity contribution is 0.0181. The van der Waals surface area contributed by atoms with Crippen LogP contribution in [-0.4, -0.2) is 54.3 Å². The summed E-state index contributed by atoms with van der Waals surface area (Å²) in [6.45, 7) is 10.8. The van der Waals surface area contributed by atoms with Crippen LogP contribution in [0.3, 0.4) is 0 Å². The van der Waals surface area contributed by atoms with Gasteiger partial charge in [-0.15, -0.1) is 12.6 Å². The fraction of sp³-hybridized carbons (Fsp3) is 0.963. The third kappa shape index (κ3) is 42.5. The highest BCUT2D eigenvalue weighted by atomic mass is 32.1. The van der Waals surface area contributed by atoms with Crippen LogP contribution in [0.4, 0.5) is 0 Å².